The van der Waals surface area contributed by atoms with Crippen LogP contribution in [0, 0.1) is 22.7 Å². The van der Waals surface area contributed by atoms with Gasteiger partial charge in [0.05, 0.1) is 10.6 Å². The van der Waals surface area contributed by atoms with Crippen molar-refractivity contribution >= 4 is 29.5 Å². The second kappa shape index (κ2) is 11.4. The number of hydrogen-bond donors (Lipinski definition) is 0. The predicted molar refractivity (Wildman–Crippen MR) is 114 cm³/mol. The van der Waals surface area contributed by atoms with Crippen LogP contribution >= 0.6 is 11.6 Å². The highest BCUT2D eigenvalue weighted by atomic mass is 35.5. The van der Waals surface area contributed by atoms with Gasteiger partial charge in [-0.15, -0.1) is 0 Å². The summed E-state index contributed by atoms with van der Waals surface area (Å²) in [4.78, 5) is 26.0. The van der Waals surface area contributed by atoms with Crippen LogP contribution < -0.4 is 4.90 Å². The van der Waals surface area contributed by atoms with Crippen LogP contribution in [0.3, 0.4) is 0 Å². The minimum absolute atomic E-state index is 0.0389. The Hall–Kier alpha value is -3.51. The van der Waals surface area contributed by atoms with Gasteiger partial charge in [-0.05, 0) is 6.07 Å². The molecule has 0 atom stereocenters. The van der Waals surface area contributed by atoms with Crippen molar-refractivity contribution < 1.29 is 22.8 Å². The summed E-state index contributed by atoms with van der Waals surface area (Å²) in [5, 5.41) is 21.5. The Morgan fingerprint density at radius 3 is 2.45 bits per heavy atom. The number of pyridine rings is 1. The Morgan fingerprint density at radius 2 is 1.94 bits per heavy atom. The molecule has 1 aliphatic heterocycles. The third-order valence-corrected chi connectivity index (χ3v) is 5.03. The normalized spacial score (nSPS) is 13.9. The first-order chi connectivity index (χ1) is 15.6. The summed E-state index contributed by atoms with van der Waals surface area (Å²) in [6.07, 6.45) is -2.26. The second-order valence-electron chi connectivity index (χ2n) is 7.10. The maximum atomic E-state index is 12.8. The first-order valence-electron chi connectivity index (χ1n) is 9.68. The van der Waals surface area contributed by atoms with Gasteiger partial charge in [0.2, 0.25) is 0 Å². The zero-order valence-electron chi connectivity index (χ0n) is 17.9. The lowest BCUT2D eigenvalue weighted by molar-refractivity contribution is -0.138. The summed E-state index contributed by atoms with van der Waals surface area (Å²) >= 11 is 5.98. The van der Waals surface area contributed by atoms with Gasteiger partial charge in [-0.25, -0.2) is 4.98 Å². The van der Waals surface area contributed by atoms with E-state index in [2.05, 4.69) is 10.1 Å². The van der Waals surface area contributed by atoms with E-state index in [0.717, 1.165) is 12.3 Å². The molecule has 1 aromatic rings. The van der Waals surface area contributed by atoms with Crippen molar-refractivity contribution in [2.75, 3.05) is 51.8 Å². The summed E-state index contributed by atoms with van der Waals surface area (Å²) in [7, 11) is 3.38. The molecule has 1 amide bonds. The number of carbonyl (C=O) groups is 1. The van der Waals surface area contributed by atoms with Crippen molar-refractivity contribution in [1.29, 1.82) is 10.5 Å². The summed E-state index contributed by atoms with van der Waals surface area (Å²) < 4.78 is 38.3. The Balaban J connectivity index is 1.84. The number of carbonyl (C=O) groups excluding carboxylic acids is 1. The molecule has 2 rings (SSSR count). The van der Waals surface area contributed by atoms with E-state index in [1.54, 1.807) is 28.8 Å². The molecule has 0 unspecified atom stereocenters. The fourth-order valence-corrected chi connectivity index (χ4v) is 3.29. The van der Waals surface area contributed by atoms with E-state index in [0.29, 0.717) is 31.9 Å². The first kappa shape index (κ1) is 25.7. The van der Waals surface area contributed by atoms with Gasteiger partial charge in [0.15, 0.2) is 6.61 Å². The minimum Gasteiger partial charge on any atom is -0.386 e. The van der Waals surface area contributed by atoms with Gasteiger partial charge in [0, 0.05) is 64.8 Å². The number of oxime groups is 1. The van der Waals surface area contributed by atoms with Crippen LogP contribution in [0.2, 0.25) is 5.02 Å². The highest BCUT2D eigenvalue weighted by Gasteiger charge is 2.32. The van der Waals surface area contributed by atoms with Crippen LogP contribution in [0.4, 0.5) is 19.0 Å². The quantitative estimate of drug-likeness (QED) is 0.333. The number of halogens is 4. The monoisotopic (exact) mass is 483 g/mol. The number of amides is 1. The van der Waals surface area contributed by atoms with E-state index < -0.39 is 11.7 Å². The van der Waals surface area contributed by atoms with E-state index in [1.165, 1.54) is 6.21 Å². The van der Waals surface area contributed by atoms with Crippen molar-refractivity contribution in [2.24, 2.45) is 5.16 Å². The lowest BCUT2D eigenvalue weighted by atomic mass is 10.2. The average molecular weight is 484 g/mol. The topological polar surface area (TPSA) is 109 Å². The van der Waals surface area contributed by atoms with Crippen molar-refractivity contribution in [3.05, 3.63) is 34.1 Å². The molecule has 2 heterocycles. The van der Waals surface area contributed by atoms with Gasteiger partial charge >= 0.3 is 6.18 Å². The largest absolute Gasteiger partial charge is 0.417 e. The molecule has 1 aromatic heterocycles. The van der Waals surface area contributed by atoms with Gasteiger partial charge in [0.1, 0.15) is 23.5 Å². The van der Waals surface area contributed by atoms with Gasteiger partial charge < -0.3 is 19.5 Å². The third kappa shape index (κ3) is 6.99. The summed E-state index contributed by atoms with van der Waals surface area (Å²) in [5.41, 5.74) is -0.499. The molecule has 1 fully saturated rings. The van der Waals surface area contributed by atoms with Crippen molar-refractivity contribution in [3.8, 4) is 12.1 Å². The molecule has 1 aliphatic rings. The highest BCUT2D eigenvalue weighted by molar-refractivity contribution is 6.33. The van der Waals surface area contributed by atoms with E-state index in [1.807, 2.05) is 12.1 Å². The fourth-order valence-electron chi connectivity index (χ4n) is 3.01. The minimum atomic E-state index is -4.53. The molecule has 0 spiro atoms. The number of hydrogen-bond acceptors (Lipinski definition) is 8. The first-order valence-corrected chi connectivity index (χ1v) is 10.1. The third-order valence-electron chi connectivity index (χ3n) is 4.75. The van der Waals surface area contributed by atoms with E-state index >= 15 is 0 Å². The lowest BCUT2D eigenvalue weighted by Crippen LogP contribution is -2.50. The predicted octanol–water partition coefficient (Wildman–Crippen LogP) is 2.66. The van der Waals surface area contributed by atoms with Gasteiger partial charge in [-0.3, -0.25) is 4.79 Å². The molecule has 0 bridgehead atoms. The average Bonchev–Trinajstić information content (AvgIpc) is 2.77. The summed E-state index contributed by atoms with van der Waals surface area (Å²) in [6, 6.07) is 4.45. The number of nitrogens with zero attached hydrogens (tertiary/aromatic N) is 7. The SMILES string of the molecule is CN(C)C(CC=NOCC(=O)N1CCN(c2ncc(C(F)(F)F)cc2Cl)CC1)=C(C#N)C#N. The van der Waals surface area contributed by atoms with Crippen molar-refractivity contribution in [3.63, 3.8) is 0 Å². The number of piperazine rings is 1. The van der Waals surface area contributed by atoms with Crippen molar-refractivity contribution in [2.45, 2.75) is 12.6 Å². The number of anilines is 1. The molecule has 33 heavy (non-hydrogen) atoms. The Labute approximate surface area is 193 Å². The van der Waals surface area contributed by atoms with Crippen LogP contribution in [0.25, 0.3) is 0 Å². The lowest BCUT2D eigenvalue weighted by Gasteiger charge is -2.35. The van der Waals surface area contributed by atoms with E-state index in [4.69, 9.17) is 27.0 Å². The van der Waals surface area contributed by atoms with Crippen LogP contribution in [-0.4, -0.2) is 73.8 Å². The van der Waals surface area contributed by atoms with Crippen LogP contribution in [-0.2, 0) is 15.8 Å². The van der Waals surface area contributed by atoms with Gasteiger partial charge in [-0.2, -0.15) is 23.7 Å². The molecule has 0 saturated carbocycles. The molecule has 0 N–H and O–H groups in total. The smallest absolute Gasteiger partial charge is 0.386 e. The molecule has 0 radical (unpaired) electrons. The Kier molecular flexibility index (Phi) is 8.88. The van der Waals surface area contributed by atoms with Crippen LogP contribution in [0.15, 0.2) is 28.7 Å². The molecule has 1 saturated heterocycles. The van der Waals surface area contributed by atoms with E-state index in [-0.39, 0.29) is 35.3 Å². The Bertz CT molecular complexity index is 988. The number of alkyl halides is 3. The number of aromatic nitrogens is 1. The molecule has 13 heteroatoms. The standard InChI is InChI=1S/C20H21ClF3N7O2/c1-29(2)17(14(10-25)11-26)3-4-28-33-13-18(32)30-5-7-31(8-6-30)19-16(21)9-15(12-27-19)20(22,23)24/h4,9,12H,3,5-8,13H2,1-2H3. The summed E-state index contributed by atoms with van der Waals surface area (Å²) in [6.45, 7) is 1.00. The molecule has 0 aromatic carbocycles. The second-order valence-corrected chi connectivity index (χ2v) is 7.51. The van der Waals surface area contributed by atoms with Gasteiger partial charge in [-0.1, -0.05) is 16.8 Å². The van der Waals surface area contributed by atoms with Crippen LogP contribution in [0.1, 0.15) is 12.0 Å². The molecular weight excluding hydrogens is 463 g/mol. The maximum Gasteiger partial charge on any atom is 0.417 e. The number of rotatable bonds is 7. The number of nitriles is 2. The highest BCUT2D eigenvalue weighted by Crippen LogP contribution is 2.33. The zero-order valence-corrected chi connectivity index (χ0v) is 18.7. The van der Waals surface area contributed by atoms with Crippen LogP contribution in [0.5, 0.6) is 0 Å². The fraction of sp³-hybridized carbons (Fsp3) is 0.450. The molecule has 0 aliphatic carbocycles. The molecular formula is C20H21ClF3N7O2. The molecule has 176 valence electrons. The zero-order chi connectivity index (χ0) is 24.6. The Morgan fingerprint density at radius 1 is 1.30 bits per heavy atom. The van der Waals surface area contributed by atoms with E-state index in [9.17, 15) is 18.0 Å². The molecule has 9 nitrogen and oxygen atoms in total. The summed E-state index contributed by atoms with van der Waals surface area (Å²) in [5.74, 6) is -0.0761. The van der Waals surface area contributed by atoms with Crippen molar-refractivity contribution in [1.82, 2.24) is 14.8 Å². The van der Waals surface area contributed by atoms with Gasteiger partial charge in [0.25, 0.3) is 5.91 Å². The number of allylic oxidation sites excluding steroid dienone is 2. The maximum absolute atomic E-state index is 12.8.